The van der Waals surface area contributed by atoms with E-state index in [2.05, 4.69) is 0 Å². The third-order valence-electron chi connectivity index (χ3n) is 1.69. The molecule has 0 aliphatic heterocycles. The maximum Gasteiger partial charge on any atom is 0.317 e. The fraction of sp³-hybridized carbons (Fsp3) is 0.750. The molecule has 2 N–H and O–H groups in total. The van der Waals surface area contributed by atoms with Gasteiger partial charge in [-0.1, -0.05) is 0 Å². The van der Waals surface area contributed by atoms with Gasteiger partial charge in [0.2, 0.25) is 0 Å². The van der Waals surface area contributed by atoms with Gasteiger partial charge in [-0.15, -0.1) is 0 Å². The first kappa shape index (κ1) is 11.9. The Morgan fingerprint density at radius 2 is 1.69 bits per heavy atom. The molecule has 0 aliphatic carbocycles. The van der Waals surface area contributed by atoms with E-state index in [9.17, 15) is 9.59 Å². The van der Waals surface area contributed by atoms with Crippen molar-refractivity contribution in [1.82, 2.24) is 4.90 Å². The summed E-state index contributed by atoms with van der Waals surface area (Å²) >= 11 is 0. The molecule has 0 atom stereocenters. The van der Waals surface area contributed by atoms with Gasteiger partial charge in [-0.2, -0.15) is 0 Å². The lowest BCUT2D eigenvalue weighted by Crippen LogP contribution is -2.24. The Morgan fingerprint density at radius 3 is 2.00 bits per heavy atom. The van der Waals surface area contributed by atoms with Gasteiger partial charge >= 0.3 is 11.9 Å². The first-order valence-corrected chi connectivity index (χ1v) is 4.05. The molecular weight excluding hydrogens is 174 g/mol. The molecule has 0 bridgehead atoms. The molecule has 0 unspecified atom stereocenters. The van der Waals surface area contributed by atoms with Crippen molar-refractivity contribution < 1.29 is 19.8 Å². The van der Waals surface area contributed by atoms with E-state index in [1.165, 1.54) is 0 Å². The molecular formula is C8H15NO4. The van der Waals surface area contributed by atoms with Crippen LogP contribution in [0.1, 0.15) is 12.8 Å². The van der Waals surface area contributed by atoms with Crippen LogP contribution in [0.2, 0.25) is 0 Å². The summed E-state index contributed by atoms with van der Waals surface area (Å²) in [6.45, 7) is 0.705. The largest absolute Gasteiger partial charge is 0.481 e. The first-order valence-electron chi connectivity index (χ1n) is 4.05. The average molecular weight is 189 g/mol. The van der Waals surface area contributed by atoms with Crippen molar-refractivity contribution in [3.8, 4) is 0 Å². The minimum absolute atomic E-state index is 0.183. The maximum absolute atomic E-state index is 10.4. The quantitative estimate of drug-likeness (QED) is 0.580. The van der Waals surface area contributed by atoms with Crippen LogP contribution >= 0.6 is 0 Å². The van der Waals surface area contributed by atoms with E-state index in [0.717, 1.165) is 0 Å². The summed E-state index contributed by atoms with van der Waals surface area (Å²) in [5, 5.41) is 17.0. The number of nitrogens with zero attached hydrogens (tertiary/aromatic N) is 1. The topological polar surface area (TPSA) is 77.8 Å². The summed E-state index contributed by atoms with van der Waals surface area (Å²) in [5.74, 6) is -3.78. The van der Waals surface area contributed by atoms with Gasteiger partial charge in [0.05, 0.1) is 0 Å². The molecule has 5 heteroatoms. The fourth-order valence-corrected chi connectivity index (χ4v) is 0.964. The van der Waals surface area contributed by atoms with Crippen LogP contribution in [0.5, 0.6) is 0 Å². The lowest BCUT2D eigenvalue weighted by Gasteiger charge is -2.10. The Bertz CT molecular complexity index is 177. The highest BCUT2D eigenvalue weighted by Crippen LogP contribution is 2.07. The van der Waals surface area contributed by atoms with Gasteiger partial charge in [-0.3, -0.25) is 9.59 Å². The standard InChI is InChI=1S/C8H15NO4/c1-9(2)5-3-4-6(7(10)11)8(12)13/h6H,3-5H2,1-2H3,(H,10,11)(H,12,13). The van der Waals surface area contributed by atoms with E-state index in [1.807, 2.05) is 19.0 Å². The highest BCUT2D eigenvalue weighted by atomic mass is 16.4. The van der Waals surface area contributed by atoms with Gasteiger partial charge in [0.15, 0.2) is 5.92 Å². The van der Waals surface area contributed by atoms with E-state index in [4.69, 9.17) is 10.2 Å². The van der Waals surface area contributed by atoms with E-state index in [0.29, 0.717) is 13.0 Å². The normalized spacial score (nSPS) is 10.8. The van der Waals surface area contributed by atoms with Crippen LogP contribution in [0, 0.1) is 5.92 Å². The molecule has 0 spiro atoms. The van der Waals surface area contributed by atoms with Crippen LogP contribution in [0.3, 0.4) is 0 Å². The first-order chi connectivity index (χ1) is 5.95. The predicted octanol–water partition coefficient (Wildman–Crippen LogP) is 0.114. The van der Waals surface area contributed by atoms with Gasteiger partial charge in [0.1, 0.15) is 0 Å². The van der Waals surface area contributed by atoms with Crippen LogP contribution in [-0.2, 0) is 9.59 Å². The summed E-state index contributed by atoms with van der Waals surface area (Å²) in [6.07, 6.45) is 0.763. The lowest BCUT2D eigenvalue weighted by atomic mass is 10.0. The summed E-state index contributed by atoms with van der Waals surface area (Å²) < 4.78 is 0. The highest BCUT2D eigenvalue weighted by molar-refractivity contribution is 5.92. The van der Waals surface area contributed by atoms with Gasteiger partial charge in [-0.05, 0) is 33.5 Å². The third-order valence-corrected chi connectivity index (χ3v) is 1.69. The molecule has 0 fully saturated rings. The second kappa shape index (κ2) is 5.53. The fourth-order valence-electron chi connectivity index (χ4n) is 0.964. The average Bonchev–Trinajstić information content (AvgIpc) is 1.95. The van der Waals surface area contributed by atoms with Crippen molar-refractivity contribution in [3.63, 3.8) is 0 Å². The molecule has 0 rings (SSSR count). The Hall–Kier alpha value is -1.10. The Balaban J connectivity index is 3.84. The number of rotatable bonds is 6. The molecule has 0 aromatic rings. The number of aliphatic carboxylic acids is 2. The summed E-state index contributed by atoms with van der Waals surface area (Å²) in [7, 11) is 3.72. The molecule has 0 amide bonds. The van der Waals surface area contributed by atoms with Crippen LogP contribution in [0.15, 0.2) is 0 Å². The van der Waals surface area contributed by atoms with E-state index >= 15 is 0 Å². The Kier molecular flexibility index (Phi) is 5.06. The highest BCUT2D eigenvalue weighted by Gasteiger charge is 2.24. The van der Waals surface area contributed by atoms with Crippen LogP contribution in [0.25, 0.3) is 0 Å². The zero-order valence-corrected chi connectivity index (χ0v) is 7.86. The second-order valence-corrected chi connectivity index (χ2v) is 3.17. The molecule has 5 nitrogen and oxygen atoms in total. The van der Waals surface area contributed by atoms with Crippen molar-refractivity contribution in [3.05, 3.63) is 0 Å². The molecule has 13 heavy (non-hydrogen) atoms. The molecule has 0 saturated carbocycles. The molecule has 0 radical (unpaired) electrons. The van der Waals surface area contributed by atoms with Crippen LogP contribution in [0.4, 0.5) is 0 Å². The molecule has 0 saturated heterocycles. The minimum Gasteiger partial charge on any atom is -0.481 e. The van der Waals surface area contributed by atoms with Gasteiger partial charge in [0.25, 0.3) is 0 Å². The zero-order valence-electron chi connectivity index (χ0n) is 7.86. The van der Waals surface area contributed by atoms with Gasteiger partial charge in [0, 0.05) is 0 Å². The molecule has 0 aromatic carbocycles. The summed E-state index contributed by atoms with van der Waals surface area (Å²) in [5.41, 5.74) is 0. The number of hydrogen-bond donors (Lipinski definition) is 2. The third kappa shape index (κ3) is 5.19. The van der Waals surface area contributed by atoms with Crippen LogP contribution < -0.4 is 0 Å². The smallest absolute Gasteiger partial charge is 0.317 e. The maximum atomic E-state index is 10.4. The Labute approximate surface area is 77.0 Å². The summed E-state index contributed by atoms with van der Waals surface area (Å²) in [6, 6.07) is 0. The van der Waals surface area contributed by atoms with Crippen molar-refractivity contribution in [2.24, 2.45) is 5.92 Å². The molecule has 0 heterocycles. The van der Waals surface area contributed by atoms with Gasteiger partial charge in [-0.25, -0.2) is 0 Å². The minimum atomic E-state index is -1.26. The number of hydrogen-bond acceptors (Lipinski definition) is 3. The SMILES string of the molecule is CN(C)CCCC(C(=O)O)C(=O)O. The lowest BCUT2D eigenvalue weighted by molar-refractivity contribution is -0.154. The van der Waals surface area contributed by atoms with Gasteiger partial charge < -0.3 is 15.1 Å². The molecule has 76 valence electrons. The van der Waals surface area contributed by atoms with Crippen molar-refractivity contribution >= 4 is 11.9 Å². The monoisotopic (exact) mass is 189 g/mol. The van der Waals surface area contributed by atoms with Crippen molar-refractivity contribution in [2.45, 2.75) is 12.8 Å². The number of carboxylic acids is 2. The Morgan fingerprint density at radius 1 is 1.23 bits per heavy atom. The van der Waals surface area contributed by atoms with E-state index < -0.39 is 17.9 Å². The van der Waals surface area contributed by atoms with Crippen molar-refractivity contribution in [2.75, 3.05) is 20.6 Å². The molecule has 0 aromatic heterocycles. The predicted molar refractivity (Wildman–Crippen MR) is 46.5 cm³/mol. The van der Waals surface area contributed by atoms with E-state index in [1.54, 1.807) is 0 Å². The number of carbonyl (C=O) groups is 2. The molecule has 0 aliphatic rings. The van der Waals surface area contributed by atoms with E-state index in [-0.39, 0.29) is 6.42 Å². The zero-order chi connectivity index (χ0) is 10.4. The van der Waals surface area contributed by atoms with Crippen LogP contribution in [-0.4, -0.2) is 47.7 Å². The number of carboxylic acid groups (broad SMARTS) is 2. The second-order valence-electron chi connectivity index (χ2n) is 3.17. The van der Waals surface area contributed by atoms with Crippen molar-refractivity contribution in [1.29, 1.82) is 0 Å². The summed E-state index contributed by atoms with van der Waals surface area (Å²) in [4.78, 5) is 22.7.